The smallest absolute Gasteiger partial charge is 0.186 e. The first-order valence-corrected chi connectivity index (χ1v) is 3.31. The lowest BCUT2D eigenvalue weighted by atomic mass is 10.2. The monoisotopic (exact) mass is 174 g/mol. The molecule has 4 heteroatoms. The van der Waals surface area contributed by atoms with Crippen molar-refractivity contribution in [1.82, 2.24) is 0 Å². The van der Waals surface area contributed by atoms with E-state index in [2.05, 4.69) is 4.74 Å². The van der Waals surface area contributed by atoms with Crippen molar-refractivity contribution in [2.75, 3.05) is 7.11 Å². The quantitative estimate of drug-likeness (QED) is 0.690. The minimum Gasteiger partial charge on any atom is -0.364 e. The van der Waals surface area contributed by atoms with Gasteiger partial charge in [-0.1, -0.05) is 6.07 Å². The van der Waals surface area contributed by atoms with Gasteiger partial charge in [-0.2, -0.15) is 0 Å². The van der Waals surface area contributed by atoms with E-state index in [4.69, 9.17) is 5.11 Å². The zero-order valence-corrected chi connectivity index (χ0v) is 6.42. The van der Waals surface area contributed by atoms with E-state index < -0.39 is 23.5 Å². The van der Waals surface area contributed by atoms with Gasteiger partial charge in [0, 0.05) is 7.11 Å². The Morgan fingerprint density at radius 3 is 2.25 bits per heavy atom. The molecule has 0 aromatic heterocycles. The molecule has 1 aromatic rings. The van der Waals surface area contributed by atoms with Gasteiger partial charge in [-0.05, 0) is 12.1 Å². The molecule has 0 radical (unpaired) electrons. The molecule has 0 fully saturated rings. The van der Waals surface area contributed by atoms with Crippen molar-refractivity contribution in [2.24, 2.45) is 0 Å². The Kier molecular flexibility index (Phi) is 2.73. The Morgan fingerprint density at radius 2 is 1.83 bits per heavy atom. The summed E-state index contributed by atoms with van der Waals surface area (Å²) < 4.78 is 30.0. The van der Waals surface area contributed by atoms with Crippen molar-refractivity contribution in [3.05, 3.63) is 35.4 Å². The lowest BCUT2D eigenvalue weighted by molar-refractivity contribution is -0.0812. The van der Waals surface area contributed by atoms with Crippen LogP contribution in [0.3, 0.4) is 0 Å². The second kappa shape index (κ2) is 3.60. The Bertz CT molecular complexity index is 256. The standard InChI is InChI=1S/C8H8F2O2/c1-12-8(11)7-5(9)3-2-4-6(7)10/h2-4,8,11H,1H3. The molecule has 0 amide bonds. The first-order valence-electron chi connectivity index (χ1n) is 3.31. The summed E-state index contributed by atoms with van der Waals surface area (Å²) in [5.74, 6) is -1.63. The summed E-state index contributed by atoms with van der Waals surface area (Å²) in [6.07, 6.45) is -1.55. The van der Waals surface area contributed by atoms with Crippen molar-refractivity contribution >= 4 is 0 Å². The molecule has 0 aliphatic heterocycles. The Balaban J connectivity index is 3.12. The van der Waals surface area contributed by atoms with Crippen LogP contribution in [0.25, 0.3) is 0 Å². The topological polar surface area (TPSA) is 29.5 Å². The maximum atomic E-state index is 12.8. The van der Waals surface area contributed by atoms with Crippen LogP contribution >= 0.6 is 0 Å². The highest BCUT2D eigenvalue weighted by molar-refractivity contribution is 5.20. The largest absolute Gasteiger partial charge is 0.364 e. The van der Waals surface area contributed by atoms with Gasteiger partial charge >= 0.3 is 0 Å². The number of benzene rings is 1. The van der Waals surface area contributed by atoms with Crippen molar-refractivity contribution in [2.45, 2.75) is 6.29 Å². The normalized spacial score (nSPS) is 13.0. The second-order valence-electron chi connectivity index (χ2n) is 2.22. The third-order valence-electron chi connectivity index (χ3n) is 1.47. The molecule has 0 aliphatic rings. The highest BCUT2D eigenvalue weighted by Crippen LogP contribution is 2.20. The summed E-state index contributed by atoms with van der Waals surface area (Å²) in [5.41, 5.74) is -0.458. The lowest BCUT2D eigenvalue weighted by Crippen LogP contribution is -2.05. The Morgan fingerprint density at radius 1 is 1.33 bits per heavy atom. The van der Waals surface area contributed by atoms with Crippen LogP contribution in [0.15, 0.2) is 18.2 Å². The van der Waals surface area contributed by atoms with Gasteiger partial charge in [-0.3, -0.25) is 0 Å². The Labute approximate surface area is 68.4 Å². The van der Waals surface area contributed by atoms with Gasteiger partial charge in [0.15, 0.2) is 6.29 Å². The number of ether oxygens (including phenoxy) is 1. The van der Waals surface area contributed by atoms with Gasteiger partial charge in [0.25, 0.3) is 0 Å². The van der Waals surface area contributed by atoms with Gasteiger partial charge in [-0.15, -0.1) is 0 Å². The first kappa shape index (κ1) is 9.09. The summed E-state index contributed by atoms with van der Waals surface area (Å²) in [4.78, 5) is 0. The summed E-state index contributed by atoms with van der Waals surface area (Å²) >= 11 is 0. The van der Waals surface area contributed by atoms with Gasteiger partial charge in [-0.25, -0.2) is 8.78 Å². The van der Waals surface area contributed by atoms with Crippen molar-refractivity contribution in [3.63, 3.8) is 0 Å². The fraction of sp³-hybridized carbons (Fsp3) is 0.250. The molecule has 0 saturated heterocycles. The fourth-order valence-corrected chi connectivity index (χ4v) is 0.864. The van der Waals surface area contributed by atoms with Crippen molar-refractivity contribution in [3.8, 4) is 0 Å². The molecule has 1 unspecified atom stereocenters. The van der Waals surface area contributed by atoms with Crippen LogP contribution < -0.4 is 0 Å². The number of hydrogen-bond acceptors (Lipinski definition) is 2. The third-order valence-corrected chi connectivity index (χ3v) is 1.47. The average molecular weight is 174 g/mol. The maximum Gasteiger partial charge on any atom is 0.186 e. The molecule has 12 heavy (non-hydrogen) atoms. The van der Waals surface area contributed by atoms with Crippen LogP contribution in [0.5, 0.6) is 0 Å². The van der Waals surface area contributed by atoms with Crippen LogP contribution in [0.1, 0.15) is 11.9 Å². The molecule has 1 N–H and O–H groups in total. The van der Waals surface area contributed by atoms with E-state index in [0.717, 1.165) is 19.2 Å². The second-order valence-corrected chi connectivity index (χ2v) is 2.22. The SMILES string of the molecule is COC(O)c1c(F)cccc1F. The zero-order chi connectivity index (χ0) is 9.14. The molecule has 66 valence electrons. The van der Waals surface area contributed by atoms with E-state index in [1.54, 1.807) is 0 Å². The molecule has 0 saturated carbocycles. The van der Waals surface area contributed by atoms with E-state index >= 15 is 0 Å². The highest BCUT2D eigenvalue weighted by atomic mass is 19.1. The van der Waals surface area contributed by atoms with Gasteiger partial charge in [0.05, 0.1) is 5.56 Å². The number of halogens is 2. The predicted molar refractivity (Wildman–Crippen MR) is 38.3 cm³/mol. The molecule has 0 bridgehead atoms. The Hall–Kier alpha value is -1.00. The zero-order valence-electron chi connectivity index (χ0n) is 6.42. The number of aliphatic hydroxyl groups excluding tert-OH is 1. The molecular formula is C8H8F2O2. The van der Waals surface area contributed by atoms with Crippen molar-refractivity contribution in [1.29, 1.82) is 0 Å². The lowest BCUT2D eigenvalue weighted by Gasteiger charge is -2.09. The average Bonchev–Trinajstić information content (AvgIpc) is 2.03. The maximum absolute atomic E-state index is 12.8. The molecule has 1 aromatic carbocycles. The van der Waals surface area contributed by atoms with Crippen LogP contribution in [-0.4, -0.2) is 12.2 Å². The van der Waals surface area contributed by atoms with E-state index in [0.29, 0.717) is 0 Å². The summed E-state index contributed by atoms with van der Waals surface area (Å²) in [6.45, 7) is 0. The van der Waals surface area contributed by atoms with Crippen LogP contribution in [-0.2, 0) is 4.74 Å². The first-order chi connectivity index (χ1) is 5.66. The fourth-order valence-electron chi connectivity index (χ4n) is 0.864. The molecule has 0 aliphatic carbocycles. The summed E-state index contributed by atoms with van der Waals surface area (Å²) in [7, 11) is 1.16. The third kappa shape index (κ3) is 1.60. The molecular weight excluding hydrogens is 166 g/mol. The molecule has 0 heterocycles. The van der Waals surface area contributed by atoms with Crippen LogP contribution in [0.4, 0.5) is 8.78 Å². The number of rotatable bonds is 2. The number of hydrogen-bond donors (Lipinski definition) is 1. The molecule has 2 nitrogen and oxygen atoms in total. The van der Waals surface area contributed by atoms with E-state index in [1.165, 1.54) is 6.07 Å². The predicted octanol–water partition coefficient (Wildman–Crippen LogP) is 1.60. The van der Waals surface area contributed by atoms with Crippen LogP contribution in [0.2, 0.25) is 0 Å². The number of methoxy groups -OCH3 is 1. The minimum atomic E-state index is -1.55. The highest BCUT2D eigenvalue weighted by Gasteiger charge is 2.16. The van der Waals surface area contributed by atoms with Gasteiger partial charge < -0.3 is 9.84 Å². The minimum absolute atomic E-state index is 0.458. The molecule has 1 rings (SSSR count). The molecule has 0 spiro atoms. The molecule has 1 atom stereocenters. The van der Waals surface area contributed by atoms with E-state index in [9.17, 15) is 8.78 Å². The van der Waals surface area contributed by atoms with Crippen LogP contribution in [0, 0.1) is 11.6 Å². The van der Waals surface area contributed by atoms with Gasteiger partial charge in [0.1, 0.15) is 11.6 Å². The van der Waals surface area contributed by atoms with E-state index in [-0.39, 0.29) is 0 Å². The summed E-state index contributed by atoms with van der Waals surface area (Å²) in [5, 5.41) is 8.99. The van der Waals surface area contributed by atoms with Crippen molar-refractivity contribution < 1.29 is 18.6 Å². The summed E-state index contributed by atoms with van der Waals surface area (Å²) in [6, 6.07) is 3.33. The number of aliphatic hydroxyl groups is 1. The van der Waals surface area contributed by atoms with Gasteiger partial charge in [0.2, 0.25) is 0 Å². The van der Waals surface area contributed by atoms with E-state index in [1.807, 2.05) is 0 Å².